The quantitative estimate of drug-likeness (QED) is 0.770. The van der Waals surface area contributed by atoms with E-state index in [1.807, 2.05) is 0 Å². The van der Waals surface area contributed by atoms with Crippen molar-refractivity contribution in [2.75, 3.05) is 13.1 Å². The Morgan fingerprint density at radius 2 is 2.25 bits per heavy atom. The van der Waals surface area contributed by atoms with E-state index in [9.17, 15) is 23.9 Å². The van der Waals surface area contributed by atoms with Crippen LogP contribution in [0.1, 0.15) is 46.5 Å². The van der Waals surface area contributed by atoms with Gasteiger partial charge < -0.3 is 19.9 Å². The van der Waals surface area contributed by atoms with Gasteiger partial charge in [-0.2, -0.15) is 0 Å². The summed E-state index contributed by atoms with van der Waals surface area (Å²) in [6.45, 7) is 4.39. The summed E-state index contributed by atoms with van der Waals surface area (Å²) in [5.41, 5.74) is -1.39. The van der Waals surface area contributed by atoms with E-state index in [2.05, 4.69) is 11.9 Å². The molecule has 1 saturated heterocycles. The van der Waals surface area contributed by atoms with Gasteiger partial charge in [0, 0.05) is 25.8 Å². The summed E-state index contributed by atoms with van der Waals surface area (Å²) < 4.78 is 14.2. The van der Waals surface area contributed by atoms with Gasteiger partial charge in [0.25, 0.3) is 11.8 Å². The molecule has 1 saturated carbocycles. The van der Waals surface area contributed by atoms with E-state index in [0.717, 1.165) is 25.7 Å². The number of aromatic hydroxyl groups is 1. The van der Waals surface area contributed by atoms with Crippen molar-refractivity contribution in [2.24, 2.45) is 5.92 Å². The fraction of sp³-hybridized carbons (Fsp3) is 0.450. The van der Waals surface area contributed by atoms with Crippen LogP contribution in [0.5, 0.6) is 5.75 Å². The second-order valence-corrected chi connectivity index (χ2v) is 7.87. The number of aromatic nitrogens is 1. The average molecular weight is 387 g/mol. The smallest absolute Gasteiger partial charge is 0.275 e. The number of rotatable bonds is 4. The zero-order chi connectivity index (χ0) is 20.1. The highest BCUT2D eigenvalue weighted by Gasteiger charge is 2.53. The minimum atomic E-state index is -0.903. The number of nitrogens with one attached hydrogen (secondary N) is 1. The molecule has 1 spiro atoms. The molecule has 4 rings (SSSR count). The molecule has 2 fully saturated rings. The van der Waals surface area contributed by atoms with Crippen molar-refractivity contribution in [3.8, 4) is 5.75 Å². The Balaban J connectivity index is 1.71. The third-order valence-electron chi connectivity index (χ3n) is 6.21. The fourth-order valence-electron chi connectivity index (χ4n) is 4.88. The van der Waals surface area contributed by atoms with E-state index in [4.69, 9.17) is 0 Å². The number of carbonyl (C=O) groups excluding carboxylic acids is 2. The summed E-state index contributed by atoms with van der Waals surface area (Å²) in [5, 5.41) is 12.9. The number of hydrogen-bond acceptors (Lipinski definition) is 4. The lowest BCUT2D eigenvalue weighted by Gasteiger charge is -2.44. The van der Waals surface area contributed by atoms with Gasteiger partial charge in [-0.05, 0) is 30.8 Å². The largest absolute Gasteiger partial charge is 0.503 e. The highest BCUT2D eigenvalue weighted by molar-refractivity contribution is 5.99. The maximum Gasteiger partial charge on any atom is 0.275 e. The Hall–Kier alpha value is -2.90. The lowest BCUT2D eigenvalue weighted by molar-refractivity contribution is 0.0419. The van der Waals surface area contributed by atoms with Crippen LogP contribution in [-0.4, -0.2) is 45.0 Å². The number of fused-ring (bicyclic) bond motifs is 2. The topological polar surface area (TPSA) is 91.6 Å². The molecule has 3 aliphatic rings. The van der Waals surface area contributed by atoms with E-state index in [1.165, 1.54) is 16.8 Å². The van der Waals surface area contributed by atoms with Crippen LogP contribution >= 0.6 is 0 Å². The van der Waals surface area contributed by atoms with Crippen molar-refractivity contribution in [2.45, 2.75) is 37.8 Å². The third kappa shape index (κ3) is 2.66. The Morgan fingerprint density at radius 3 is 2.96 bits per heavy atom. The minimum absolute atomic E-state index is 0.0600. The van der Waals surface area contributed by atoms with Gasteiger partial charge in [0.15, 0.2) is 11.4 Å². The van der Waals surface area contributed by atoms with E-state index in [1.54, 1.807) is 4.90 Å². The fourth-order valence-corrected chi connectivity index (χ4v) is 4.88. The Kier molecular flexibility index (Phi) is 4.36. The van der Waals surface area contributed by atoms with Crippen LogP contribution in [0, 0.1) is 5.92 Å². The molecule has 2 atom stereocenters. The van der Waals surface area contributed by atoms with E-state index >= 15 is 0 Å². The second kappa shape index (κ2) is 6.61. The lowest BCUT2D eigenvalue weighted by atomic mass is 9.79. The Labute approximate surface area is 161 Å². The highest BCUT2D eigenvalue weighted by atomic mass is 19.1. The minimum Gasteiger partial charge on any atom is -0.503 e. The zero-order valence-corrected chi connectivity index (χ0v) is 15.4. The van der Waals surface area contributed by atoms with Gasteiger partial charge in [0.2, 0.25) is 5.43 Å². The first kappa shape index (κ1) is 18.5. The summed E-state index contributed by atoms with van der Waals surface area (Å²) in [5.74, 6) is -1.36. The predicted molar refractivity (Wildman–Crippen MR) is 99.8 cm³/mol. The number of carbonyl (C=O) groups is 2. The number of hydrogen-bond donors (Lipinski definition) is 2. The summed E-state index contributed by atoms with van der Waals surface area (Å²) in [6, 6.07) is 0. The normalized spacial score (nSPS) is 25.9. The molecule has 7 nitrogen and oxygen atoms in total. The van der Waals surface area contributed by atoms with Crippen molar-refractivity contribution < 1.29 is 19.1 Å². The molecule has 8 heteroatoms. The van der Waals surface area contributed by atoms with Gasteiger partial charge in [-0.15, -0.1) is 0 Å². The maximum absolute atomic E-state index is 13.0. The summed E-state index contributed by atoms with van der Waals surface area (Å²) in [4.78, 5) is 39.8. The summed E-state index contributed by atoms with van der Waals surface area (Å²) >= 11 is 0. The molecule has 3 heterocycles. The number of pyridine rings is 1. The zero-order valence-electron chi connectivity index (χ0n) is 15.4. The number of halogens is 1. The SMILES string of the molecule is C=C/C(=C/F)CNC(=O)c1cn2c(c(O)c1=O)C(=O)N1C[C@@H]3CCC[C@]1(C3)C2. The monoisotopic (exact) mass is 387 g/mol. The van der Waals surface area contributed by atoms with Crippen molar-refractivity contribution in [1.29, 1.82) is 0 Å². The number of amides is 2. The standard InChI is InChI=1S/C20H22FN3O4/c1-2-12(7-21)8-22-18(27)14-10-23-11-20-5-3-4-13(6-20)9-24(20)19(28)15(23)17(26)16(14)25/h2,7,10,13,26H,1,3-6,8-9,11H2,(H,22,27)/b12-7-/t13-,20+/m1/s1. The molecule has 2 N–H and O–H groups in total. The van der Waals surface area contributed by atoms with E-state index in [-0.39, 0.29) is 34.8 Å². The molecule has 0 radical (unpaired) electrons. The molecule has 2 amide bonds. The molecule has 0 unspecified atom stereocenters. The number of nitrogens with zero attached hydrogens (tertiary/aromatic N) is 2. The lowest BCUT2D eigenvalue weighted by Crippen LogP contribution is -2.55. The summed E-state index contributed by atoms with van der Waals surface area (Å²) in [7, 11) is 0. The van der Waals surface area contributed by atoms with Gasteiger partial charge >= 0.3 is 0 Å². The Bertz CT molecular complexity index is 967. The van der Waals surface area contributed by atoms with Gasteiger partial charge in [-0.25, -0.2) is 4.39 Å². The van der Waals surface area contributed by atoms with Crippen molar-refractivity contribution >= 4 is 11.8 Å². The molecule has 0 aromatic carbocycles. The van der Waals surface area contributed by atoms with Gasteiger partial charge in [0.1, 0.15) is 5.56 Å². The predicted octanol–water partition coefficient (Wildman–Crippen LogP) is 1.72. The van der Waals surface area contributed by atoms with Crippen LogP contribution in [-0.2, 0) is 6.54 Å². The molecule has 1 aromatic rings. The van der Waals surface area contributed by atoms with Crippen LogP contribution in [0.25, 0.3) is 0 Å². The second-order valence-electron chi connectivity index (χ2n) is 7.87. The first-order valence-electron chi connectivity index (χ1n) is 9.38. The van der Waals surface area contributed by atoms with E-state index in [0.29, 0.717) is 25.3 Å². The van der Waals surface area contributed by atoms with Gasteiger partial charge in [-0.1, -0.05) is 19.1 Å². The van der Waals surface area contributed by atoms with Crippen LogP contribution < -0.4 is 10.7 Å². The third-order valence-corrected chi connectivity index (χ3v) is 6.21. The van der Waals surface area contributed by atoms with Crippen molar-refractivity contribution in [3.63, 3.8) is 0 Å². The molecular formula is C20H22FN3O4. The molecule has 1 aromatic heterocycles. The first-order valence-corrected chi connectivity index (χ1v) is 9.38. The van der Waals surface area contributed by atoms with Crippen LogP contribution in [0.15, 0.2) is 35.5 Å². The van der Waals surface area contributed by atoms with Crippen LogP contribution in [0.2, 0.25) is 0 Å². The van der Waals surface area contributed by atoms with Crippen molar-refractivity contribution in [3.05, 3.63) is 52.2 Å². The van der Waals surface area contributed by atoms with Gasteiger partial charge in [0.05, 0.1) is 11.9 Å². The van der Waals surface area contributed by atoms with E-state index < -0.39 is 17.1 Å². The molecule has 2 bridgehead atoms. The molecule has 28 heavy (non-hydrogen) atoms. The van der Waals surface area contributed by atoms with Crippen LogP contribution in [0.3, 0.4) is 0 Å². The van der Waals surface area contributed by atoms with Gasteiger partial charge in [-0.3, -0.25) is 14.4 Å². The average Bonchev–Trinajstić information content (AvgIpc) is 2.94. The molecule has 2 aliphatic heterocycles. The molecule has 148 valence electrons. The molecular weight excluding hydrogens is 365 g/mol. The summed E-state index contributed by atoms with van der Waals surface area (Å²) in [6.07, 6.45) is 6.78. The van der Waals surface area contributed by atoms with Crippen molar-refractivity contribution in [1.82, 2.24) is 14.8 Å². The maximum atomic E-state index is 13.0. The Morgan fingerprint density at radius 1 is 1.46 bits per heavy atom. The first-order chi connectivity index (χ1) is 13.4. The molecule has 1 aliphatic carbocycles. The van der Waals surface area contributed by atoms with Crippen LogP contribution in [0.4, 0.5) is 4.39 Å². The highest BCUT2D eigenvalue weighted by Crippen LogP contribution is 2.48.